The third-order valence-electron chi connectivity index (χ3n) is 22.1. The van der Waals surface area contributed by atoms with Crippen molar-refractivity contribution in [3.63, 3.8) is 0 Å². The van der Waals surface area contributed by atoms with Gasteiger partial charge in [0.1, 0.15) is 104 Å². The molecule has 87 heavy (non-hydrogen) atoms. The molecule has 10 rings (SSSR count). The standard InChI is InChI=1S/C58H96O28S/c1-20(2)21(3)45-50(81-45)58(10,71)33-12-11-28-27-18-31(30-17-26(86-87(72,73)74)13-15-56(30,8)29(27)14-16-57(28,33)9)79-53-44(70)47(37(63)32(19-59)80-53)83-55-49(85-52-42(68)39(65)35(61)23(5)76-52)43(69)46(25(7)78-55)82-54-48(40(66)36(62)24(6)77-54)84-51-41(67)38(64)34(60)22(4)75-51/h14,20-28,30-55,59-71H,11-13,15-19H2,1-10H3,(H,72,73,74)/t21-,22?,23?,24?,25?,26-,27?,28?,30?,31-,32?,33-,34?,35?,36?,37?,38?,39?,40?,41?,42?,43?,44?,45?,46?,47?,48?,49?,50+,51?,52?,53?,54?,55?,56+,57-,58+/m0/s1. The van der Waals surface area contributed by atoms with Crippen molar-refractivity contribution in [2.75, 3.05) is 6.61 Å². The van der Waals surface area contributed by atoms with Crippen LogP contribution in [0.1, 0.15) is 114 Å². The van der Waals surface area contributed by atoms with E-state index >= 15 is 0 Å². The maximum Gasteiger partial charge on any atom is 0.397 e. The van der Waals surface area contributed by atoms with Crippen molar-refractivity contribution >= 4 is 10.4 Å². The summed E-state index contributed by atoms with van der Waals surface area (Å²) in [5.41, 5.74) is -1.05. The summed E-state index contributed by atoms with van der Waals surface area (Å²) in [4.78, 5) is 0. The second-order valence-electron chi connectivity index (χ2n) is 27.8. The van der Waals surface area contributed by atoms with E-state index in [0.29, 0.717) is 25.2 Å². The molecule has 0 aromatic carbocycles. The lowest BCUT2D eigenvalue weighted by Crippen LogP contribution is -2.68. The first-order valence-corrected chi connectivity index (χ1v) is 32.4. The summed E-state index contributed by atoms with van der Waals surface area (Å²) in [5.74, 6) is -0.213. The van der Waals surface area contributed by atoms with Gasteiger partial charge in [0.2, 0.25) is 0 Å². The van der Waals surface area contributed by atoms with Gasteiger partial charge in [0, 0.05) is 0 Å². The molecule has 6 heterocycles. The number of fused-ring (bicyclic) bond motifs is 5. The van der Waals surface area contributed by atoms with Gasteiger partial charge < -0.3 is 118 Å². The van der Waals surface area contributed by atoms with Gasteiger partial charge in [-0.2, -0.15) is 8.42 Å². The van der Waals surface area contributed by atoms with Gasteiger partial charge in [-0.25, -0.2) is 4.18 Å². The minimum Gasteiger partial charge on any atom is -0.394 e. The maximum atomic E-state index is 12.5. The highest BCUT2D eigenvalue weighted by molar-refractivity contribution is 7.80. The van der Waals surface area contributed by atoms with Crippen LogP contribution in [0.4, 0.5) is 0 Å². The molecule has 0 bridgehead atoms. The minimum absolute atomic E-state index is 0.0278. The quantitative estimate of drug-likeness (QED) is 0.0416. The normalized spacial score (nSPS) is 54.0. The van der Waals surface area contributed by atoms with Crippen molar-refractivity contribution in [2.24, 2.45) is 46.3 Å². The van der Waals surface area contributed by atoms with E-state index in [1.165, 1.54) is 27.7 Å². The number of rotatable bonds is 17. The Labute approximate surface area is 506 Å². The lowest BCUT2D eigenvalue weighted by atomic mass is 9.47. The number of ether oxygens (including phenoxy) is 11. The van der Waals surface area contributed by atoms with Crippen molar-refractivity contribution in [2.45, 2.75) is 298 Å². The van der Waals surface area contributed by atoms with E-state index < -0.39 is 205 Å². The summed E-state index contributed by atoms with van der Waals surface area (Å²) in [7, 11) is -4.90. The van der Waals surface area contributed by atoms with Crippen LogP contribution in [-0.2, 0) is 66.7 Å². The monoisotopic (exact) mass is 1270 g/mol. The predicted octanol–water partition coefficient (Wildman–Crippen LogP) is -2.23. The Bertz CT molecular complexity index is 2500. The number of epoxide rings is 1. The Morgan fingerprint density at radius 1 is 0.586 bits per heavy atom. The number of hydrogen-bond acceptors (Lipinski definition) is 27. The van der Waals surface area contributed by atoms with Crippen molar-refractivity contribution in [1.29, 1.82) is 0 Å². The Morgan fingerprint density at radius 3 is 1.67 bits per heavy atom. The third kappa shape index (κ3) is 12.8. The van der Waals surface area contributed by atoms with Crippen molar-refractivity contribution < 1.29 is 136 Å². The molecular weight excluding hydrogens is 1180 g/mol. The van der Waals surface area contributed by atoms with Gasteiger partial charge in [-0.3, -0.25) is 4.55 Å². The Kier molecular flexibility index (Phi) is 20.3. The van der Waals surface area contributed by atoms with Crippen LogP contribution >= 0.6 is 0 Å². The fourth-order valence-electron chi connectivity index (χ4n) is 16.5. The van der Waals surface area contributed by atoms with E-state index in [4.69, 9.17) is 56.3 Å². The molecule has 3 saturated carbocycles. The molecule has 37 atom stereocenters. The van der Waals surface area contributed by atoms with Crippen LogP contribution < -0.4 is 0 Å². The highest BCUT2D eigenvalue weighted by atomic mass is 32.3. The Morgan fingerprint density at radius 2 is 1.10 bits per heavy atom. The number of allylic oxidation sites excluding steroid dienone is 2. The second kappa shape index (κ2) is 25.8. The van der Waals surface area contributed by atoms with Gasteiger partial charge in [0.15, 0.2) is 31.5 Å². The zero-order valence-corrected chi connectivity index (χ0v) is 51.6. The summed E-state index contributed by atoms with van der Waals surface area (Å²) >= 11 is 0. The molecule has 9 fully saturated rings. The van der Waals surface area contributed by atoms with Gasteiger partial charge in [0.25, 0.3) is 0 Å². The van der Waals surface area contributed by atoms with E-state index in [0.717, 1.165) is 18.4 Å². The van der Waals surface area contributed by atoms with Gasteiger partial charge in [0.05, 0.1) is 54.9 Å². The summed E-state index contributed by atoms with van der Waals surface area (Å²) in [6, 6.07) is 0. The van der Waals surface area contributed by atoms with Crippen LogP contribution in [0, 0.1) is 46.3 Å². The van der Waals surface area contributed by atoms with Crippen molar-refractivity contribution in [3.05, 3.63) is 11.6 Å². The first-order valence-electron chi connectivity index (χ1n) is 31.0. The predicted molar refractivity (Wildman–Crippen MR) is 294 cm³/mol. The van der Waals surface area contributed by atoms with Gasteiger partial charge in [-0.05, 0) is 126 Å². The average molecular weight is 1270 g/mol. The molecule has 14 N–H and O–H groups in total. The molecule has 0 amide bonds. The molecular formula is C58H96O28S. The summed E-state index contributed by atoms with van der Waals surface area (Å²) < 4.78 is 108. The fraction of sp³-hybridized carbons (Fsp3) is 0.966. The lowest BCUT2D eigenvalue weighted by Gasteiger charge is -2.60. The highest BCUT2D eigenvalue weighted by Gasteiger charge is 2.67. The smallest absolute Gasteiger partial charge is 0.394 e. The molecule has 10 aliphatic rings. The van der Waals surface area contributed by atoms with E-state index in [-0.39, 0.29) is 48.7 Å². The van der Waals surface area contributed by atoms with Gasteiger partial charge >= 0.3 is 10.4 Å². The van der Waals surface area contributed by atoms with Crippen molar-refractivity contribution in [3.8, 4) is 0 Å². The largest absolute Gasteiger partial charge is 0.397 e. The van der Waals surface area contributed by atoms with Gasteiger partial charge in [-0.15, -0.1) is 0 Å². The molecule has 6 aliphatic heterocycles. The molecule has 29 heteroatoms. The van der Waals surface area contributed by atoms with E-state index in [1.807, 2.05) is 6.92 Å². The minimum atomic E-state index is -4.90. The van der Waals surface area contributed by atoms with Crippen LogP contribution in [-0.4, -0.2) is 270 Å². The van der Waals surface area contributed by atoms with Crippen LogP contribution in [0.25, 0.3) is 0 Å². The molecule has 502 valence electrons. The molecule has 0 aromatic heterocycles. The fourth-order valence-corrected chi connectivity index (χ4v) is 17.0. The van der Waals surface area contributed by atoms with Crippen LogP contribution in [0.2, 0.25) is 0 Å². The zero-order chi connectivity index (χ0) is 63.6. The molecule has 0 spiro atoms. The first kappa shape index (κ1) is 68.5. The number of aliphatic hydroxyl groups excluding tert-OH is 12. The Hall–Kier alpha value is -1.35. The first-order chi connectivity index (χ1) is 40.6. The zero-order valence-electron chi connectivity index (χ0n) is 50.8. The van der Waals surface area contributed by atoms with Crippen LogP contribution in [0.5, 0.6) is 0 Å². The summed E-state index contributed by atoms with van der Waals surface area (Å²) in [6.07, 6.45) is -38.9. The highest BCUT2D eigenvalue weighted by Crippen LogP contribution is 2.68. The van der Waals surface area contributed by atoms with E-state index in [2.05, 4.69) is 40.7 Å². The van der Waals surface area contributed by atoms with E-state index in [9.17, 15) is 79.4 Å². The molecule has 6 saturated heterocycles. The number of aliphatic hydroxyl groups is 13. The van der Waals surface area contributed by atoms with Crippen molar-refractivity contribution in [1.82, 2.24) is 0 Å². The topological polar surface area (TPSA) is 431 Å². The molecule has 28 nitrogen and oxygen atoms in total. The molecule has 0 aromatic rings. The molecule has 4 aliphatic carbocycles. The third-order valence-corrected chi connectivity index (χ3v) is 22.6. The van der Waals surface area contributed by atoms with E-state index in [1.54, 1.807) is 0 Å². The molecule has 29 unspecified atom stereocenters. The summed E-state index contributed by atoms with van der Waals surface area (Å²) in [5, 5.41) is 147. The van der Waals surface area contributed by atoms with Crippen LogP contribution in [0.3, 0.4) is 0 Å². The molecule has 0 radical (unpaired) electrons. The average Bonchev–Trinajstić information content (AvgIpc) is 1.69. The SMILES string of the molecule is CC1OC(OC2C(OC3C(C)OC(OC4C(O)C(CO)OC(O[C@H]5CC6C(=CC[C@@]7(C)C6CC[C@@H]7[C@@](C)(O)[C@@H]6OC6[C@@H](C)C(C)C)[C@@]6(C)CC[C@H](OS(=O)(=O)O)CC56)C4O)C(OC4OC(C)C(O)C(O)C4O)C3O)OC(C)C(O)C2O)C(O)C(O)C1O. The van der Waals surface area contributed by atoms with Crippen LogP contribution in [0.15, 0.2) is 11.6 Å². The number of hydrogen-bond donors (Lipinski definition) is 14. The lowest BCUT2D eigenvalue weighted by molar-refractivity contribution is -0.406. The maximum absolute atomic E-state index is 12.5. The second-order valence-corrected chi connectivity index (χ2v) is 28.8. The van der Waals surface area contributed by atoms with Gasteiger partial charge in [-0.1, -0.05) is 46.3 Å². The Balaban J connectivity index is 0.930. The summed E-state index contributed by atoms with van der Waals surface area (Å²) in [6.45, 7) is 17.3.